The Labute approximate surface area is 160 Å². The average molecular weight is 566 g/mol. The molecule has 0 radical (unpaired) electrons. The molecule has 120 valence electrons. The Morgan fingerprint density at radius 1 is 0.955 bits per heavy atom. The van der Waals surface area contributed by atoms with Crippen LogP contribution in [0.2, 0.25) is 0 Å². The molecule has 0 amide bonds. The summed E-state index contributed by atoms with van der Waals surface area (Å²) < 4.78 is 23.6. The van der Waals surface area contributed by atoms with E-state index in [1.807, 2.05) is 0 Å². The largest absolute Gasteiger partial charge is 0.488 e. The summed E-state index contributed by atoms with van der Waals surface area (Å²) in [4.78, 5) is 12.3. The van der Waals surface area contributed by atoms with Crippen LogP contribution in [-0.2, 0) is 14.2 Å². The molecule has 3 rings (SSSR count). The maximum absolute atomic E-state index is 12.3. The van der Waals surface area contributed by atoms with Crippen molar-refractivity contribution in [2.24, 2.45) is 0 Å². The van der Waals surface area contributed by atoms with Crippen LogP contribution < -0.4 is 4.74 Å². The first-order valence-corrected chi connectivity index (χ1v) is 9.55. The van der Waals surface area contributed by atoms with Crippen molar-refractivity contribution < 1.29 is 23.7 Å². The van der Waals surface area contributed by atoms with E-state index in [2.05, 4.69) is 63.7 Å². The summed E-state index contributed by atoms with van der Waals surface area (Å²) in [5, 5.41) is 0. The topological polar surface area (TPSA) is 60.6 Å². The van der Waals surface area contributed by atoms with Gasteiger partial charge in [-0.25, -0.2) is 4.79 Å². The molecule has 0 aliphatic carbocycles. The Morgan fingerprint density at radius 2 is 1.45 bits per heavy atom. The number of carbonyl (C=O) groups is 1. The highest BCUT2D eigenvalue weighted by molar-refractivity contribution is 9.14. The number of carbonyl (C=O) groups excluding carboxylic acids is 1. The molecular weight excluding hydrogens is 556 g/mol. The molecule has 1 aromatic rings. The lowest BCUT2D eigenvalue weighted by Crippen LogP contribution is -2.13. The van der Waals surface area contributed by atoms with Gasteiger partial charge in [0.2, 0.25) is 0 Å². The molecule has 5 nitrogen and oxygen atoms in total. The van der Waals surface area contributed by atoms with Crippen LogP contribution in [0.4, 0.5) is 0 Å². The number of hydrogen-bond donors (Lipinski definition) is 0. The number of hydrogen-bond acceptors (Lipinski definition) is 5. The summed E-state index contributed by atoms with van der Waals surface area (Å²) in [5.74, 6) is 0.157. The minimum Gasteiger partial charge on any atom is -0.488 e. The summed E-state index contributed by atoms with van der Waals surface area (Å²) >= 11 is 13.7. The van der Waals surface area contributed by atoms with Gasteiger partial charge in [0.05, 0.1) is 36.7 Å². The number of epoxide rings is 2. The van der Waals surface area contributed by atoms with Crippen LogP contribution in [0.15, 0.2) is 17.9 Å². The van der Waals surface area contributed by atoms with Gasteiger partial charge in [-0.1, -0.05) is 0 Å². The second kappa shape index (κ2) is 7.06. The zero-order valence-corrected chi connectivity index (χ0v) is 17.4. The fourth-order valence-corrected chi connectivity index (χ4v) is 4.30. The van der Waals surface area contributed by atoms with Gasteiger partial charge in [-0.2, -0.15) is 0 Å². The van der Waals surface area contributed by atoms with E-state index < -0.39 is 5.97 Å². The van der Waals surface area contributed by atoms with Crippen LogP contribution in [0.1, 0.15) is 10.4 Å². The highest BCUT2D eigenvalue weighted by Gasteiger charge is 2.30. The molecule has 0 bridgehead atoms. The number of halogens is 4. The molecule has 2 saturated heterocycles. The van der Waals surface area contributed by atoms with Crippen molar-refractivity contribution in [2.75, 3.05) is 26.4 Å². The highest BCUT2D eigenvalue weighted by atomic mass is 79.9. The summed E-state index contributed by atoms with van der Waals surface area (Å²) in [5.41, 5.74) is 0.384. The Kier molecular flexibility index (Phi) is 5.51. The van der Waals surface area contributed by atoms with Gasteiger partial charge in [0.15, 0.2) is 0 Å². The third kappa shape index (κ3) is 3.87. The van der Waals surface area contributed by atoms with Gasteiger partial charge in [0.1, 0.15) is 31.2 Å². The van der Waals surface area contributed by atoms with Gasteiger partial charge in [-0.05, 0) is 63.7 Å². The highest BCUT2D eigenvalue weighted by Crippen LogP contribution is 2.46. The molecule has 9 heteroatoms. The van der Waals surface area contributed by atoms with Gasteiger partial charge in [0.25, 0.3) is 0 Å². The van der Waals surface area contributed by atoms with Crippen molar-refractivity contribution in [3.63, 3.8) is 0 Å². The van der Waals surface area contributed by atoms with Crippen molar-refractivity contribution in [3.8, 4) is 5.75 Å². The van der Waals surface area contributed by atoms with Gasteiger partial charge < -0.3 is 18.9 Å². The lowest BCUT2D eigenvalue weighted by molar-refractivity contribution is 0.0474. The molecular formula is C13H10Br4O5. The summed E-state index contributed by atoms with van der Waals surface area (Å²) in [6.45, 7) is 2.06. The molecule has 2 heterocycles. The van der Waals surface area contributed by atoms with Crippen LogP contribution in [0, 0.1) is 0 Å². The van der Waals surface area contributed by atoms with Crippen LogP contribution in [0.5, 0.6) is 5.75 Å². The number of ether oxygens (including phenoxy) is 4. The van der Waals surface area contributed by atoms with Gasteiger partial charge >= 0.3 is 5.97 Å². The normalized spacial score (nSPS) is 22.4. The third-order valence-electron chi connectivity index (χ3n) is 3.05. The number of benzene rings is 1. The zero-order chi connectivity index (χ0) is 15.9. The molecule has 0 spiro atoms. The summed E-state index contributed by atoms with van der Waals surface area (Å²) in [6.07, 6.45) is 0.161. The molecule has 2 fully saturated rings. The first kappa shape index (κ1) is 17.2. The standard InChI is InChI=1S/C13H10Br4O5/c14-8-7(13(18)22-4-6-2-20-6)9(15)11(17)12(10(8)16)21-3-5-1-19-5/h5-6H,1-4H2. The number of rotatable bonds is 6. The molecule has 0 N–H and O–H groups in total. The van der Waals surface area contributed by atoms with Gasteiger partial charge in [-0.3, -0.25) is 0 Å². The molecule has 2 atom stereocenters. The Hall–Kier alpha value is 0.330. The molecule has 2 aliphatic rings. The van der Waals surface area contributed by atoms with E-state index in [-0.39, 0.29) is 18.8 Å². The van der Waals surface area contributed by atoms with Crippen molar-refractivity contribution in [3.05, 3.63) is 23.5 Å². The van der Waals surface area contributed by atoms with Gasteiger partial charge in [-0.15, -0.1) is 0 Å². The average Bonchev–Trinajstić information content (AvgIpc) is 3.37. The lowest BCUT2D eigenvalue weighted by Gasteiger charge is -2.16. The minimum atomic E-state index is -0.437. The lowest BCUT2D eigenvalue weighted by atomic mass is 10.2. The van der Waals surface area contributed by atoms with Crippen molar-refractivity contribution >= 4 is 69.7 Å². The molecule has 0 saturated carbocycles. The zero-order valence-electron chi connectivity index (χ0n) is 11.0. The molecule has 1 aromatic carbocycles. The minimum absolute atomic E-state index is 0.0227. The van der Waals surface area contributed by atoms with Crippen LogP contribution >= 0.6 is 63.7 Å². The molecule has 0 aromatic heterocycles. The van der Waals surface area contributed by atoms with E-state index in [0.717, 1.165) is 0 Å². The quantitative estimate of drug-likeness (QED) is 0.296. The van der Waals surface area contributed by atoms with Crippen LogP contribution in [0.3, 0.4) is 0 Å². The van der Waals surface area contributed by atoms with E-state index in [0.29, 0.717) is 49.0 Å². The van der Waals surface area contributed by atoms with Crippen molar-refractivity contribution in [2.45, 2.75) is 12.2 Å². The van der Waals surface area contributed by atoms with E-state index in [9.17, 15) is 4.79 Å². The molecule has 22 heavy (non-hydrogen) atoms. The first-order valence-electron chi connectivity index (χ1n) is 6.38. The van der Waals surface area contributed by atoms with Gasteiger partial charge in [0, 0.05) is 0 Å². The van der Waals surface area contributed by atoms with E-state index in [4.69, 9.17) is 18.9 Å². The van der Waals surface area contributed by atoms with Crippen molar-refractivity contribution in [1.82, 2.24) is 0 Å². The smallest absolute Gasteiger partial charge is 0.340 e. The summed E-state index contributed by atoms with van der Waals surface area (Å²) in [6, 6.07) is 0. The van der Waals surface area contributed by atoms with Crippen molar-refractivity contribution in [1.29, 1.82) is 0 Å². The number of esters is 1. The molecule has 2 unspecified atom stereocenters. The second-order valence-electron chi connectivity index (χ2n) is 4.78. The van der Waals surface area contributed by atoms with E-state index >= 15 is 0 Å². The predicted molar refractivity (Wildman–Crippen MR) is 92.5 cm³/mol. The maximum atomic E-state index is 12.3. The third-order valence-corrected chi connectivity index (χ3v) is 7.21. The Bertz CT molecular complexity index is 584. The fourth-order valence-electron chi connectivity index (χ4n) is 1.66. The Balaban J connectivity index is 1.84. The van der Waals surface area contributed by atoms with E-state index in [1.54, 1.807) is 0 Å². The SMILES string of the molecule is O=C(OCC1CO1)c1c(Br)c(Br)c(OCC2CO2)c(Br)c1Br. The van der Waals surface area contributed by atoms with E-state index in [1.165, 1.54) is 0 Å². The summed E-state index contributed by atoms with van der Waals surface area (Å²) in [7, 11) is 0. The second-order valence-corrected chi connectivity index (χ2v) is 7.95. The molecule has 2 aliphatic heterocycles. The maximum Gasteiger partial charge on any atom is 0.340 e. The fraction of sp³-hybridized carbons (Fsp3) is 0.462. The monoisotopic (exact) mass is 562 g/mol. The van der Waals surface area contributed by atoms with Crippen LogP contribution in [0.25, 0.3) is 0 Å². The first-order chi connectivity index (χ1) is 10.5. The predicted octanol–water partition coefficient (Wildman–Crippen LogP) is 4.07. The Morgan fingerprint density at radius 3 is 1.95 bits per heavy atom. The van der Waals surface area contributed by atoms with Crippen LogP contribution in [-0.4, -0.2) is 44.6 Å².